The van der Waals surface area contributed by atoms with E-state index in [2.05, 4.69) is 15.4 Å². The molecule has 2 aliphatic heterocycles. The van der Waals surface area contributed by atoms with Gasteiger partial charge in [-0.1, -0.05) is 16.8 Å². The number of halogens is 1. The number of hydrogen-bond acceptors (Lipinski definition) is 10. The molecule has 0 bridgehead atoms. The Balaban J connectivity index is 1.49. The van der Waals surface area contributed by atoms with E-state index in [4.69, 9.17) is 35.6 Å². The number of nitrogens with zero attached hydrogens (tertiary/aromatic N) is 5. The van der Waals surface area contributed by atoms with Gasteiger partial charge in [0.05, 0.1) is 28.6 Å². The molecule has 0 radical (unpaired) electrons. The van der Waals surface area contributed by atoms with Crippen LogP contribution in [-0.2, 0) is 4.74 Å². The number of nitrogens with one attached hydrogen (secondary N) is 1. The summed E-state index contributed by atoms with van der Waals surface area (Å²) in [6.07, 6.45) is 0.0153. The summed E-state index contributed by atoms with van der Waals surface area (Å²) in [5, 5.41) is 17.6. The highest BCUT2D eigenvalue weighted by Gasteiger charge is 2.50. The number of aliphatic hydroxyl groups excluding tert-OH is 1. The van der Waals surface area contributed by atoms with E-state index in [1.807, 2.05) is 27.7 Å². The van der Waals surface area contributed by atoms with Crippen molar-refractivity contribution in [1.29, 1.82) is 0 Å². The third-order valence-electron chi connectivity index (χ3n) is 7.77. The minimum atomic E-state index is -0.651. The number of aryl methyl sites for hydroxylation is 2. The van der Waals surface area contributed by atoms with Gasteiger partial charge in [-0.3, -0.25) is 0 Å². The standard InChI is InChI=1S/C29H37ClN6O5/c1-6-39-28(38)35-10-9-29(14-35)15-36(16-29)27-17(2)25(24-18(3)34-41-19(24)4)32-26(33-27)22-11-21(7-8-23(22)30)40-13-20(37)12-31-5/h7-8,11,20,31,37H,6,9-10,12-16H2,1-5H3/t20-/m1/s1. The molecule has 1 aromatic carbocycles. The molecule has 2 fully saturated rings. The van der Waals surface area contributed by atoms with E-state index in [0.29, 0.717) is 54.2 Å². The lowest BCUT2D eigenvalue weighted by molar-refractivity contribution is 0.107. The van der Waals surface area contributed by atoms with Crippen molar-refractivity contribution in [2.45, 2.75) is 40.2 Å². The van der Waals surface area contributed by atoms with E-state index in [1.165, 1.54) is 0 Å². The molecule has 1 amide bonds. The number of ether oxygens (including phenoxy) is 2. The number of amides is 1. The second kappa shape index (κ2) is 11.8. The molecule has 0 aliphatic carbocycles. The number of aliphatic hydroxyl groups is 1. The number of hydrogen-bond donors (Lipinski definition) is 2. The Bertz CT molecular complexity index is 1400. The van der Waals surface area contributed by atoms with Crippen LogP contribution in [0.25, 0.3) is 22.6 Å². The summed E-state index contributed by atoms with van der Waals surface area (Å²) in [6.45, 7) is 11.4. The quantitative estimate of drug-likeness (QED) is 0.381. The van der Waals surface area contributed by atoms with Crippen LogP contribution in [0.4, 0.5) is 10.6 Å². The molecule has 11 nitrogen and oxygen atoms in total. The van der Waals surface area contributed by atoms with Gasteiger partial charge in [-0.05, 0) is 59.4 Å². The Morgan fingerprint density at radius 2 is 2.02 bits per heavy atom. The fourth-order valence-corrected chi connectivity index (χ4v) is 5.93. The maximum Gasteiger partial charge on any atom is 0.409 e. The zero-order valence-electron chi connectivity index (χ0n) is 24.2. The van der Waals surface area contributed by atoms with Crippen molar-refractivity contribution in [3.05, 3.63) is 40.2 Å². The van der Waals surface area contributed by atoms with Crippen molar-refractivity contribution < 1.29 is 23.9 Å². The van der Waals surface area contributed by atoms with Gasteiger partial charge in [0, 0.05) is 49.3 Å². The monoisotopic (exact) mass is 584 g/mol. The van der Waals surface area contributed by atoms with Crippen LogP contribution in [0.3, 0.4) is 0 Å². The summed E-state index contributed by atoms with van der Waals surface area (Å²) in [4.78, 5) is 26.3. The number of likely N-dealkylation sites (tertiary alicyclic amines) is 1. The van der Waals surface area contributed by atoms with Gasteiger partial charge in [-0.25, -0.2) is 14.8 Å². The Hall–Kier alpha value is -3.41. The molecule has 0 unspecified atom stereocenters. The van der Waals surface area contributed by atoms with Crippen LogP contribution in [0.2, 0.25) is 5.02 Å². The zero-order valence-corrected chi connectivity index (χ0v) is 24.9. The van der Waals surface area contributed by atoms with E-state index in [-0.39, 0.29) is 18.1 Å². The second-order valence-electron chi connectivity index (χ2n) is 10.9. The molecule has 4 heterocycles. The average Bonchev–Trinajstić information content (AvgIpc) is 3.52. The maximum atomic E-state index is 12.3. The lowest BCUT2D eigenvalue weighted by atomic mass is 9.79. The van der Waals surface area contributed by atoms with Crippen LogP contribution in [0.5, 0.6) is 5.75 Å². The van der Waals surface area contributed by atoms with Gasteiger partial charge in [0.2, 0.25) is 0 Å². The molecule has 2 aliphatic rings. The van der Waals surface area contributed by atoms with E-state index in [9.17, 15) is 9.90 Å². The third kappa shape index (κ3) is 5.84. The van der Waals surface area contributed by atoms with E-state index in [1.54, 1.807) is 30.1 Å². The first-order chi connectivity index (χ1) is 19.6. The smallest absolute Gasteiger partial charge is 0.409 e. The molecule has 3 aromatic rings. The minimum Gasteiger partial charge on any atom is -0.491 e. The van der Waals surface area contributed by atoms with Crippen LogP contribution >= 0.6 is 11.6 Å². The maximum absolute atomic E-state index is 12.3. The summed E-state index contributed by atoms with van der Waals surface area (Å²) in [7, 11) is 1.77. The van der Waals surface area contributed by atoms with Crippen LogP contribution < -0.4 is 15.0 Å². The van der Waals surface area contributed by atoms with Crippen molar-refractivity contribution in [2.24, 2.45) is 5.41 Å². The highest BCUT2D eigenvalue weighted by atomic mass is 35.5. The van der Waals surface area contributed by atoms with Crippen LogP contribution in [0.15, 0.2) is 22.7 Å². The van der Waals surface area contributed by atoms with Crippen molar-refractivity contribution >= 4 is 23.5 Å². The fourth-order valence-electron chi connectivity index (χ4n) is 5.73. The molecule has 12 heteroatoms. The number of rotatable bonds is 9. The Labute approximate surface area is 244 Å². The van der Waals surface area contributed by atoms with Crippen LogP contribution in [0, 0.1) is 26.2 Å². The normalized spacial score (nSPS) is 16.7. The van der Waals surface area contributed by atoms with Gasteiger partial charge < -0.3 is 34.2 Å². The van der Waals surface area contributed by atoms with Crippen molar-refractivity contribution in [2.75, 3.05) is 57.9 Å². The molecule has 2 N–H and O–H groups in total. The zero-order chi connectivity index (χ0) is 29.3. The van der Waals surface area contributed by atoms with Gasteiger partial charge in [-0.15, -0.1) is 0 Å². The second-order valence-corrected chi connectivity index (χ2v) is 11.3. The summed E-state index contributed by atoms with van der Waals surface area (Å²) in [5.74, 6) is 2.48. The van der Waals surface area contributed by atoms with Gasteiger partial charge in [0.1, 0.15) is 30.0 Å². The number of carbonyl (C=O) groups is 1. The summed E-state index contributed by atoms with van der Waals surface area (Å²) in [6, 6.07) is 5.30. The number of carbonyl (C=O) groups excluding carboxylic acids is 1. The summed E-state index contributed by atoms with van der Waals surface area (Å²) in [5.41, 5.74) is 3.84. The molecule has 2 aromatic heterocycles. The predicted molar refractivity (Wildman–Crippen MR) is 155 cm³/mol. The van der Waals surface area contributed by atoms with E-state index < -0.39 is 6.10 Å². The Morgan fingerprint density at radius 1 is 1.24 bits per heavy atom. The summed E-state index contributed by atoms with van der Waals surface area (Å²) >= 11 is 6.68. The number of likely N-dealkylation sites (N-methyl/N-ethyl adjacent to an activating group) is 1. The van der Waals surface area contributed by atoms with Gasteiger partial charge >= 0.3 is 6.09 Å². The Kier molecular flexibility index (Phi) is 8.40. The van der Waals surface area contributed by atoms with Gasteiger partial charge in [0.15, 0.2) is 5.82 Å². The Morgan fingerprint density at radius 3 is 2.71 bits per heavy atom. The molecule has 1 atom stereocenters. The highest BCUT2D eigenvalue weighted by Crippen LogP contribution is 2.44. The lowest BCUT2D eigenvalue weighted by Gasteiger charge is -2.49. The van der Waals surface area contributed by atoms with Gasteiger partial charge in [0.25, 0.3) is 0 Å². The lowest BCUT2D eigenvalue weighted by Crippen LogP contribution is -2.58. The van der Waals surface area contributed by atoms with Gasteiger partial charge in [-0.2, -0.15) is 0 Å². The molecule has 2 saturated heterocycles. The topological polar surface area (TPSA) is 126 Å². The fraction of sp³-hybridized carbons (Fsp3) is 0.517. The van der Waals surface area contributed by atoms with Crippen molar-refractivity contribution in [3.8, 4) is 28.4 Å². The number of benzene rings is 1. The third-order valence-corrected chi connectivity index (χ3v) is 8.10. The number of anilines is 1. The first kappa shape index (κ1) is 29.1. The molecule has 0 saturated carbocycles. The minimum absolute atomic E-state index is 0.00703. The average molecular weight is 585 g/mol. The molecular weight excluding hydrogens is 548 g/mol. The molecular formula is C29H37ClN6O5. The molecule has 5 rings (SSSR count). The first-order valence-electron chi connectivity index (χ1n) is 13.9. The SMILES string of the molecule is CCOC(=O)N1CCC2(C1)CN(c1nc(-c3cc(OC[C@H](O)CNC)ccc3Cl)nc(-c3c(C)noc3C)c1C)C2. The first-order valence-corrected chi connectivity index (χ1v) is 14.3. The highest BCUT2D eigenvalue weighted by molar-refractivity contribution is 6.33. The van der Waals surface area contributed by atoms with Crippen molar-refractivity contribution in [3.63, 3.8) is 0 Å². The molecule has 41 heavy (non-hydrogen) atoms. The van der Waals surface area contributed by atoms with Crippen LogP contribution in [-0.4, -0.2) is 90.3 Å². The van der Waals surface area contributed by atoms with E-state index >= 15 is 0 Å². The summed E-state index contributed by atoms with van der Waals surface area (Å²) < 4.78 is 16.6. The number of aromatic nitrogens is 3. The van der Waals surface area contributed by atoms with Crippen LogP contribution in [0.1, 0.15) is 30.4 Å². The molecule has 220 valence electrons. The predicted octanol–water partition coefficient (Wildman–Crippen LogP) is 4.00. The largest absolute Gasteiger partial charge is 0.491 e. The van der Waals surface area contributed by atoms with E-state index in [0.717, 1.165) is 47.8 Å². The molecule has 1 spiro atoms. The van der Waals surface area contributed by atoms with Crippen molar-refractivity contribution in [1.82, 2.24) is 25.3 Å².